The number of alkyl halides is 3. The number of aryl methyl sites for hydroxylation is 1. The van der Waals surface area contributed by atoms with Crippen molar-refractivity contribution in [3.63, 3.8) is 0 Å². The van der Waals surface area contributed by atoms with Gasteiger partial charge < -0.3 is 14.5 Å². The molecule has 2 heterocycles. The normalized spacial score (nSPS) is 16.0. The number of hydrogen-bond donors (Lipinski definition) is 0. The maximum Gasteiger partial charge on any atom is 0.433 e. The van der Waals surface area contributed by atoms with Crippen molar-refractivity contribution >= 4 is 11.7 Å². The van der Waals surface area contributed by atoms with Gasteiger partial charge in [-0.15, -0.1) is 0 Å². The highest BCUT2D eigenvalue weighted by Crippen LogP contribution is 2.30. The molecule has 1 aliphatic rings. The molecule has 0 N–H and O–H groups in total. The lowest BCUT2D eigenvalue weighted by Crippen LogP contribution is -2.52. The Bertz CT molecular complexity index is 822. The van der Waals surface area contributed by atoms with Crippen molar-refractivity contribution in [1.29, 1.82) is 0 Å². The molecule has 28 heavy (non-hydrogen) atoms. The first-order chi connectivity index (χ1) is 13.2. The Morgan fingerprint density at radius 2 is 1.75 bits per heavy atom. The fraction of sp³-hybridized carbons (Fsp3) is 0.421. The monoisotopic (exact) mass is 394 g/mol. The quantitative estimate of drug-likeness (QED) is 0.798. The molecule has 1 aromatic carbocycles. The number of carbonyl (C=O) groups is 1. The van der Waals surface area contributed by atoms with E-state index in [-0.39, 0.29) is 17.5 Å². The topological polar surface area (TPSA) is 58.6 Å². The molecule has 0 saturated carbocycles. The fourth-order valence-electron chi connectivity index (χ4n) is 3.03. The van der Waals surface area contributed by atoms with E-state index in [2.05, 4.69) is 9.97 Å². The van der Waals surface area contributed by atoms with Crippen molar-refractivity contribution in [3.05, 3.63) is 47.9 Å². The van der Waals surface area contributed by atoms with Gasteiger partial charge in [0, 0.05) is 32.2 Å². The number of para-hydroxylation sites is 1. The number of benzene rings is 1. The van der Waals surface area contributed by atoms with E-state index < -0.39 is 18.0 Å². The van der Waals surface area contributed by atoms with Crippen LogP contribution in [0.25, 0.3) is 0 Å². The zero-order chi connectivity index (χ0) is 20.3. The molecule has 1 aliphatic heterocycles. The second-order valence-corrected chi connectivity index (χ2v) is 6.54. The molecular weight excluding hydrogens is 373 g/mol. The number of carbonyl (C=O) groups excluding carboxylic acids is 1. The number of rotatable bonds is 4. The summed E-state index contributed by atoms with van der Waals surface area (Å²) < 4.78 is 44.6. The molecule has 3 rings (SSSR count). The maximum atomic E-state index is 13.0. The van der Waals surface area contributed by atoms with Crippen LogP contribution >= 0.6 is 0 Å². The third kappa shape index (κ3) is 4.71. The summed E-state index contributed by atoms with van der Waals surface area (Å²) >= 11 is 0. The number of piperazine rings is 1. The van der Waals surface area contributed by atoms with Crippen LogP contribution in [0, 0.1) is 6.92 Å². The standard InChI is InChI=1S/C19H21F3N4O2/c1-13(28-15-6-4-3-5-7-15)18(27)26-10-8-25(9-11-26)17-12-16(19(20,21)22)23-14(2)24-17/h3-7,12-13H,8-11H2,1-2H3/t13-/m0/s1. The van der Waals surface area contributed by atoms with Gasteiger partial charge in [-0.2, -0.15) is 13.2 Å². The minimum Gasteiger partial charge on any atom is -0.481 e. The summed E-state index contributed by atoms with van der Waals surface area (Å²) in [5, 5.41) is 0. The lowest BCUT2D eigenvalue weighted by molar-refractivity contribution is -0.141. The summed E-state index contributed by atoms with van der Waals surface area (Å²) in [5.41, 5.74) is -0.960. The molecule has 0 radical (unpaired) electrons. The number of aromatic nitrogens is 2. The molecule has 0 unspecified atom stereocenters. The van der Waals surface area contributed by atoms with E-state index in [4.69, 9.17) is 4.74 Å². The van der Waals surface area contributed by atoms with Gasteiger partial charge in [0.1, 0.15) is 23.1 Å². The minimum absolute atomic E-state index is 0.0632. The predicted octanol–water partition coefficient (Wildman–Crippen LogP) is 2.92. The average molecular weight is 394 g/mol. The van der Waals surface area contributed by atoms with Crippen LogP contribution in [-0.4, -0.2) is 53.1 Å². The van der Waals surface area contributed by atoms with Crippen molar-refractivity contribution in [2.45, 2.75) is 26.1 Å². The lowest BCUT2D eigenvalue weighted by Gasteiger charge is -2.36. The van der Waals surface area contributed by atoms with Gasteiger partial charge >= 0.3 is 6.18 Å². The number of ether oxygens (including phenoxy) is 1. The molecule has 0 aliphatic carbocycles. The van der Waals surface area contributed by atoms with Crippen molar-refractivity contribution in [2.24, 2.45) is 0 Å². The summed E-state index contributed by atoms with van der Waals surface area (Å²) in [6.07, 6.45) is -5.17. The van der Waals surface area contributed by atoms with Crippen LogP contribution in [0.4, 0.5) is 19.0 Å². The lowest BCUT2D eigenvalue weighted by atomic mass is 10.2. The maximum absolute atomic E-state index is 13.0. The van der Waals surface area contributed by atoms with E-state index in [1.165, 1.54) is 6.92 Å². The van der Waals surface area contributed by atoms with Crippen molar-refractivity contribution in [3.8, 4) is 5.75 Å². The highest BCUT2D eigenvalue weighted by molar-refractivity contribution is 5.81. The van der Waals surface area contributed by atoms with E-state index in [9.17, 15) is 18.0 Å². The first kappa shape index (κ1) is 19.9. The molecule has 0 bridgehead atoms. The van der Waals surface area contributed by atoms with Gasteiger partial charge in [-0.3, -0.25) is 4.79 Å². The second kappa shape index (κ2) is 8.04. The molecule has 9 heteroatoms. The van der Waals surface area contributed by atoms with E-state index in [1.54, 1.807) is 28.9 Å². The Kier molecular flexibility index (Phi) is 5.71. The molecule has 1 aromatic heterocycles. The molecule has 0 spiro atoms. The highest BCUT2D eigenvalue weighted by Gasteiger charge is 2.34. The summed E-state index contributed by atoms with van der Waals surface area (Å²) in [4.78, 5) is 23.6. The van der Waals surface area contributed by atoms with Crippen LogP contribution in [0.1, 0.15) is 18.4 Å². The predicted molar refractivity (Wildman–Crippen MR) is 97.1 cm³/mol. The minimum atomic E-state index is -4.52. The second-order valence-electron chi connectivity index (χ2n) is 6.54. The third-order valence-corrected chi connectivity index (χ3v) is 4.43. The molecule has 150 valence electrons. The smallest absolute Gasteiger partial charge is 0.433 e. The Balaban J connectivity index is 1.61. The van der Waals surface area contributed by atoms with Gasteiger partial charge in [0.2, 0.25) is 0 Å². The molecular formula is C19H21F3N4O2. The van der Waals surface area contributed by atoms with Crippen molar-refractivity contribution in [1.82, 2.24) is 14.9 Å². The highest BCUT2D eigenvalue weighted by atomic mass is 19.4. The first-order valence-electron chi connectivity index (χ1n) is 8.92. The molecule has 1 atom stereocenters. The summed E-state index contributed by atoms with van der Waals surface area (Å²) in [5.74, 6) is 0.741. The van der Waals surface area contributed by atoms with Gasteiger partial charge in [-0.25, -0.2) is 9.97 Å². The Hall–Kier alpha value is -2.84. The van der Waals surface area contributed by atoms with Crippen LogP contribution in [0.5, 0.6) is 5.75 Å². The molecule has 1 amide bonds. The largest absolute Gasteiger partial charge is 0.481 e. The number of hydrogen-bond acceptors (Lipinski definition) is 5. The summed E-state index contributed by atoms with van der Waals surface area (Å²) in [6, 6.07) is 10.0. The van der Waals surface area contributed by atoms with Crippen LogP contribution < -0.4 is 9.64 Å². The summed E-state index contributed by atoms with van der Waals surface area (Å²) in [6.45, 7) is 4.65. The van der Waals surface area contributed by atoms with E-state index in [0.717, 1.165) is 6.07 Å². The first-order valence-corrected chi connectivity index (χ1v) is 8.92. The van der Waals surface area contributed by atoms with Crippen LogP contribution in [0.15, 0.2) is 36.4 Å². The fourth-order valence-corrected chi connectivity index (χ4v) is 3.03. The van der Waals surface area contributed by atoms with Gasteiger partial charge in [0.15, 0.2) is 6.10 Å². The van der Waals surface area contributed by atoms with E-state index in [1.807, 2.05) is 18.2 Å². The number of anilines is 1. The van der Waals surface area contributed by atoms with Gasteiger partial charge in [-0.1, -0.05) is 18.2 Å². The van der Waals surface area contributed by atoms with Crippen LogP contribution in [-0.2, 0) is 11.0 Å². The van der Waals surface area contributed by atoms with E-state index in [0.29, 0.717) is 31.9 Å². The van der Waals surface area contributed by atoms with Crippen LogP contribution in [0.2, 0.25) is 0 Å². The zero-order valence-corrected chi connectivity index (χ0v) is 15.6. The zero-order valence-electron chi connectivity index (χ0n) is 15.6. The number of nitrogens with zero attached hydrogens (tertiary/aromatic N) is 4. The number of halogens is 3. The number of amides is 1. The Morgan fingerprint density at radius 1 is 1.11 bits per heavy atom. The van der Waals surface area contributed by atoms with Crippen molar-refractivity contribution in [2.75, 3.05) is 31.1 Å². The average Bonchev–Trinajstić information content (AvgIpc) is 2.67. The van der Waals surface area contributed by atoms with Gasteiger partial charge in [0.05, 0.1) is 0 Å². The third-order valence-electron chi connectivity index (χ3n) is 4.43. The Labute approximate surface area is 160 Å². The SMILES string of the molecule is Cc1nc(N2CCN(C(=O)[C@H](C)Oc3ccccc3)CC2)cc(C(F)(F)F)n1. The molecule has 1 fully saturated rings. The summed E-state index contributed by atoms with van der Waals surface area (Å²) in [7, 11) is 0. The molecule has 1 saturated heterocycles. The van der Waals surface area contributed by atoms with E-state index >= 15 is 0 Å². The molecule has 6 nitrogen and oxygen atoms in total. The molecule has 2 aromatic rings. The van der Waals surface area contributed by atoms with Gasteiger partial charge in [-0.05, 0) is 26.0 Å². The van der Waals surface area contributed by atoms with Gasteiger partial charge in [0.25, 0.3) is 5.91 Å². The Morgan fingerprint density at radius 3 is 2.36 bits per heavy atom. The van der Waals surface area contributed by atoms with Crippen molar-refractivity contribution < 1.29 is 22.7 Å². The van der Waals surface area contributed by atoms with Crippen LogP contribution in [0.3, 0.4) is 0 Å².